The van der Waals surface area contributed by atoms with Gasteiger partial charge in [0.2, 0.25) is 12.7 Å². The Kier molecular flexibility index (Phi) is 4.43. The normalized spacial score (nSPS) is 12.7. The predicted octanol–water partition coefficient (Wildman–Crippen LogP) is 1.53. The summed E-state index contributed by atoms with van der Waals surface area (Å²) in [6, 6.07) is 3.95. The molecule has 0 unspecified atom stereocenters. The quantitative estimate of drug-likeness (QED) is 0.781. The van der Waals surface area contributed by atoms with Crippen molar-refractivity contribution in [2.75, 3.05) is 13.3 Å². The molecule has 0 saturated heterocycles. The van der Waals surface area contributed by atoms with Gasteiger partial charge < -0.3 is 20.5 Å². The van der Waals surface area contributed by atoms with Gasteiger partial charge in [-0.3, -0.25) is 4.79 Å². The zero-order valence-electron chi connectivity index (χ0n) is 9.87. The van der Waals surface area contributed by atoms with E-state index in [0.29, 0.717) is 13.0 Å². The maximum absolute atomic E-state index is 10.6. The molecule has 1 aliphatic heterocycles. The number of nitrogens with two attached hydrogens (primary N) is 1. The number of amides is 1. The molecule has 1 amide bonds. The van der Waals surface area contributed by atoms with Crippen LogP contribution in [0.5, 0.6) is 11.5 Å². The first-order chi connectivity index (χ1) is 8.66. The second-order valence-electron chi connectivity index (χ2n) is 4.06. The molecule has 6 heteroatoms. The van der Waals surface area contributed by atoms with Crippen LogP contribution in [0.1, 0.15) is 18.4 Å². The van der Waals surface area contributed by atoms with Gasteiger partial charge in [0, 0.05) is 13.0 Å². The van der Waals surface area contributed by atoms with E-state index in [-0.39, 0.29) is 12.7 Å². The summed E-state index contributed by atoms with van der Waals surface area (Å²) in [5.74, 6) is 1.26. The van der Waals surface area contributed by atoms with Gasteiger partial charge in [0.05, 0.1) is 4.47 Å². The van der Waals surface area contributed by atoms with Gasteiger partial charge in [0.15, 0.2) is 11.5 Å². The first kappa shape index (κ1) is 13.2. The molecule has 3 N–H and O–H groups in total. The van der Waals surface area contributed by atoms with Crippen molar-refractivity contribution < 1.29 is 14.3 Å². The highest BCUT2D eigenvalue weighted by Crippen LogP contribution is 2.39. The standard InChI is InChI=1S/C12H15BrN2O3/c13-9-4-8(5-10-12(9)18-7-17-10)6-15-3-1-2-11(14)16/h4-5,15H,1-3,6-7H2,(H2,14,16). The third-order valence-corrected chi connectivity index (χ3v) is 3.18. The number of hydrogen-bond donors (Lipinski definition) is 2. The van der Waals surface area contributed by atoms with Crippen LogP contribution in [0.15, 0.2) is 16.6 Å². The Morgan fingerprint density at radius 2 is 2.28 bits per heavy atom. The smallest absolute Gasteiger partial charge is 0.231 e. The van der Waals surface area contributed by atoms with E-state index in [9.17, 15) is 4.79 Å². The maximum atomic E-state index is 10.6. The summed E-state index contributed by atoms with van der Waals surface area (Å²) in [6.45, 7) is 1.74. The van der Waals surface area contributed by atoms with Gasteiger partial charge in [0.1, 0.15) is 0 Å². The number of carbonyl (C=O) groups is 1. The van der Waals surface area contributed by atoms with Gasteiger partial charge in [-0.1, -0.05) is 0 Å². The molecule has 0 aliphatic carbocycles. The minimum absolute atomic E-state index is 0.261. The molecule has 0 bridgehead atoms. The topological polar surface area (TPSA) is 73.6 Å². The van der Waals surface area contributed by atoms with E-state index in [1.165, 1.54) is 0 Å². The zero-order valence-corrected chi connectivity index (χ0v) is 11.5. The van der Waals surface area contributed by atoms with Crippen molar-refractivity contribution in [1.29, 1.82) is 0 Å². The van der Waals surface area contributed by atoms with E-state index < -0.39 is 0 Å². The molecule has 1 aromatic rings. The van der Waals surface area contributed by atoms with E-state index in [2.05, 4.69) is 21.2 Å². The van der Waals surface area contributed by atoms with Gasteiger partial charge in [-0.05, 0) is 46.6 Å². The van der Waals surface area contributed by atoms with Crippen molar-refractivity contribution in [2.45, 2.75) is 19.4 Å². The summed E-state index contributed by atoms with van der Waals surface area (Å²) in [5.41, 5.74) is 6.17. The highest BCUT2D eigenvalue weighted by atomic mass is 79.9. The third kappa shape index (κ3) is 3.36. The Hall–Kier alpha value is -1.27. The Morgan fingerprint density at radius 3 is 3.06 bits per heavy atom. The maximum Gasteiger partial charge on any atom is 0.231 e. The molecule has 18 heavy (non-hydrogen) atoms. The van der Waals surface area contributed by atoms with Crippen molar-refractivity contribution in [2.24, 2.45) is 5.73 Å². The summed E-state index contributed by atoms with van der Waals surface area (Å²) in [6.07, 6.45) is 1.17. The minimum Gasteiger partial charge on any atom is -0.454 e. The number of halogens is 1. The van der Waals surface area contributed by atoms with Crippen molar-refractivity contribution >= 4 is 21.8 Å². The second-order valence-corrected chi connectivity index (χ2v) is 4.91. The SMILES string of the molecule is NC(=O)CCCNCc1cc(Br)c2c(c1)OCO2. The number of carbonyl (C=O) groups excluding carboxylic acids is 1. The van der Waals surface area contributed by atoms with E-state index in [0.717, 1.165) is 34.5 Å². The minimum atomic E-state index is -0.261. The van der Waals surface area contributed by atoms with Crippen molar-refractivity contribution in [3.05, 3.63) is 22.2 Å². The first-order valence-corrected chi connectivity index (χ1v) is 6.53. The van der Waals surface area contributed by atoms with Crippen LogP contribution in [0.2, 0.25) is 0 Å². The number of benzene rings is 1. The first-order valence-electron chi connectivity index (χ1n) is 5.74. The zero-order chi connectivity index (χ0) is 13.0. The predicted molar refractivity (Wildman–Crippen MR) is 70.4 cm³/mol. The molecule has 5 nitrogen and oxygen atoms in total. The third-order valence-electron chi connectivity index (χ3n) is 2.59. The summed E-state index contributed by atoms with van der Waals surface area (Å²) in [5, 5.41) is 3.25. The molecule has 0 fully saturated rings. The van der Waals surface area contributed by atoms with E-state index in [1.54, 1.807) is 0 Å². The van der Waals surface area contributed by atoms with Crippen LogP contribution in [0.3, 0.4) is 0 Å². The molecule has 1 aliphatic rings. The van der Waals surface area contributed by atoms with E-state index >= 15 is 0 Å². The van der Waals surface area contributed by atoms with Crippen LogP contribution < -0.4 is 20.5 Å². The van der Waals surface area contributed by atoms with Gasteiger partial charge >= 0.3 is 0 Å². The number of nitrogens with one attached hydrogen (secondary N) is 1. The summed E-state index contributed by atoms with van der Waals surface area (Å²) >= 11 is 3.45. The number of hydrogen-bond acceptors (Lipinski definition) is 4. The van der Waals surface area contributed by atoms with Crippen LogP contribution in [0, 0.1) is 0 Å². The second kappa shape index (κ2) is 6.06. The van der Waals surface area contributed by atoms with Crippen molar-refractivity contribution in [3.8, 4) is 11.5 Å². The lowest BCUT2D eigenvalue weighted by Crippen LogP contribution is -2.18. The Bertz CT molecular complexity index is 451. The van der Waals surface area contributed by atoms with Crippen LogP contribution in [0.25, 0.3) is 0 Å². The van der Waals surface area contributed by atoms with Crippen molar-refractivity contribution in [3.63, 3.8) is 0 Å². The Labute approximate surface area is 114 Å². The molecule has 1 aromatic carbocycles. The van der Waals surface area contributed by atoms with Crippen LogP contribution >= 0.6 is 15.9 Å². The summed E-state index contributed by atoms with van der Waals surface area (Å²) in [4.78, 5) is 10.6. The lowest BCUT2D eigenvalue weighted by Gasteiger charge is -2.06. The van der Waals surface area contributed by atoms with Crippen LogP contribution in [-0.2, 0) is 11.3 Å². The summed E-state index contributed by atoms with van der Waals surface area (Å²) < 4.78 is 11.5. The average Bonchev–Trinajstić information content (AvgIpc) is 2.77. The van der Waals surface area contributed by atoms with Gasteiger partial charge in [-0.15, -0.1) is 0 Å². The fourth-order valence-corrected chi connectivity index (χ4v) is 2.35. The molecule has 0 atom stereocenters. The number of primary amides is 1. The molecule has 98 valence electrons. The largest absolute Gasteiger partial charge is 0.454 e. The monoisotopic (exact) mass is 314 g/mol. The highest BCUT2D eigenvalue weighted by Gasteiger charge is 2.17. The fourth-order valence-electron chi connectivity index (χ4n) is 1.74. The number of ether oxygens (including phenoxy) is 2. The number of fused-ring (bicyclic) bond motifs is 1. The molecule has 0 aromatic heterocycles. The van der Waals surface area contributed by atoms with E-state index in [4.69, 9.17) is 15.2 Å². The average molecular weight is 315 g/mol. The molecule has 0 saturated carbocycles. The molecule has 0 spiro atoms. The summed E-state index contributed by atoms with van der Waals surface area (Å²) in [7, 11) is 0. The fraction of sp³-hybridized carbons (Fsp3) is 0.417. The van der Waals surface area contributed by atoms with E-state index in [1.807, 2.05) is 12.1 Å². The molecular formula is C12H15BrN2O3. The Morgan fingerprint density at radius 1 is 1.44 bits per heavy atom. The lowest BCUT2D eigenvalue weighted by molar-refractivity contribution is -0.118. The van der Waals surface area contributed by atoms with Crippen molar-refractivity contribution in [1.82, 2.24) is 5.32 Å². The number of rotatable bonds is 6. The van der Waals surface area contributed by atoms with Gasteiger partial charge in [-0.25, -0.2) is 0 Å². The molecule has 1 heterocycles. The lowest BCUT2D eigenvalue weighted by atomic mass is 10.2. The van der Waals surface area contributed by atoms with Gasteiger partial charge in [0.25, 0.3) is 0 Å². The van der Waals surface area contributed by atoms with Gasteiger partial charge in [-0.2, -0.15) is 0 Å². The van der Waals surface area contributed by atoms with Crippen LogP contribution in [0.4, 0.5) is 0 Å². The molecule has 2 rings (SSSR count). The Balaban J connectivity index is 1.83. The van der Waals surface area contributed by atoms with Crippen LogP contribution in [-0.4, -0.2) is 19.2 Å². The molecular weight excluding hydrogens is 300 g/mol. The molecule has 0 radical (unpaired) electrons. The highest BCUT2D eigenvalue weighted by molar-refractivity contribution is 9.10.